The van der Waals surface area contributed by atoms with E-state index in [4.69, 9.17) is 10.2 Å². The number of nitrogen functional groups attached to an aromatic ring is 1. The second-order valence-corrected chi connectivity index (χ2v) is 3.24. The summed E-state index contributed by atoms with van der Waals surface area (Å²) in [5.74, 6) is 0.834. The van der Waals surface area contributed by atoms with Gasteiger partial charge in [-0.1, -0.05) is 6.07 Å². The molecule has 0 radical (unpaired) electrons. The van der Waals surface area contributed by atoms with Gasteiger partial charge in [-0.15, -0.1) is 0 Å². The lowest BCUT2D eigenvalue weighted by Gasteiger charge is -2.07. The fourth-order valence-corrected chi connectivity index (χ4v) is 1.30. The van der Waals surface area contributed by atoms with Gasteiger partial charge in [-0.25, -0.2) is 4.39 Å². The Morgan fingerprint density at radius 2 is 2.07 bits per heavy atom. The normalized spacial score (nSPS) is 10.3. The summed E-state index contributed by atoms with van der Waals surface area (Å²) >= 11 is 0. The van der Waals surface area contributed by atoms with Crippen molar-refractivity contribution < 1.29 is 8.81 Å². The van der Waals surface area contributed by atoms with Gasteiger partial charge in [-0.05, 0) is 25.1 Å². The molecule has 3 nitrogen and oxygen atoms in total. The molecule has 0 unspecified atom stereocenters. The molecule has 0 fully saturated rings. The average Bonchev–Trinajstić information content (AvgIpc) is 2.58. The lowest BCUT2D eigenvalue weighted by atomic mass is 10.2. The molecule has 0 aliphatic carbocycles. The maximum Gasteiger partial charge on any atom is 0.197 e. The average molecular weight is 206 g/mol. The number of nitrogens with two attached hydrogens (primary N) is 1. The van der Waals surface area contributed by atoms with E-state index in [0.29, 0.717) is 11.6 Å². The molecule has 1 aromatic heterocycles. The molecule has 0 amide bonds. The molecular weight excluding hydrogens is 195 g/mol. The first-order chi connectivity index (χ1) is 7.16. The number of furan rings is 1. The lowest BCUT2D eigenvalue weighted by Crippen LogP contribution is -1.98. The quantitative estimate of drug-likeness (QED) is 0.742. The van der Waals surface area contributed by atoms with E-state index in [0.717, 1.165) is 5.76 Å². The molecule has 2 rings (SSSR count). The maximum atomic E-state index is 13.4. The van der Waals surface area contributed by atoms with Crippen LogP contribution in [-0.2, 0) is 0 Å². The van der Waals surface area contributed by atoms with Crippen LogP contribution in [0, 0.1) is 12.7 Å². The molecule has 4 heteroatoms. The Balaban J connectivity index is 2.31. The predicted molar refractivity (Wildman–Crippen MR) is 57.5 cm³/mol. The predicted octanol–water partition coefficient (Wildman–Crippen LogP) is 3.05. The molecule has 1 aromatic carbocycles. The van der Waals surface area contributed by atoms with Gasteiger partial charge in [0.05, 0.1) is 5.69 Å². The van der Waals surface area contributed by atoms with Crippen molar-refractivity contribution in [2.45, 2.75) is 6.92 Å². The zero-order valence-electron chi connectivity index (χ0n) is 8.25. The van der Waals surface area contributed by atoms with Gasteiger partial charge in [0.15, 0.2) is 5.88 Å². The Bertz CT molecular complexity index is 459. The number of anilines is 3. The molecule has 1 heterocycles. The van der Waals surface area contributed by atoms with Crippen LogP contribution >= 0.6 is 0 Å². The monoisotopic (exact) mass is 206 g/mol. The van der Waals surface area contributed by atoms with Crippen molar-refractivity contribution in [1.82, 2.24) is 0 Å². The SMILES string of the molecule is Cc1ccc(Nc2c(N)cccc2F)o1. The molecule has 0 aliphatic heterocycles. The third-order valence-electron chi connectivity index (χ3n) is 2.03. The number of benzene rings is 1. The zero-order chi connectivity index (χ0) is 10.8. The number of hydrogen-bond donors (Lipinski definition) is 2. The van der Waals surface area contributed by atoms with E-state index in [-0.39, 0.29) is 5.69 Å². The number of halogens is 1. The first kappa shape index (κ1) is 9.58. The molecular formula is C11H11FN2O. The first-order valence-electron chi connectivity index (χ1n) is 4.54. The summed E-state index contributed by atoms with van der Waals surface area (Å²) in [4.78, 5) is 0. The minimum Gasteiger partial charge on any atom is -0.446 e. The van der Waals surface area contributed by atoms with Crippen LogP contribution in [0.1, 0.15) is 5.76 Å². The van der Waals surface area contributed by atoms with Crippen molar-refractivity contribution in [3.8, 4) is 0 Å². The smallest absolute Gasteiger partial charge is 0.197 e. The molecule has 0 bridgehead atoms. The van der Waals surface area contributed by atoms with E-state index < -0.39 is 5.82 Å². The molecule has 0 aliphatic rings. The third-order valence-corrected chi connectivity index (χ3v) is 2.03. The molecule has 0 spiro atoms. The van der Waals surface area contributed by atoms with Crippen LogP contribution in [0.4, 0.5) is 21.6 Å². The first-order valence-corrected chi connectivity index (χ1v) is 4.54. The van der Waals surface area contributed by atoms with Gasteiger partial charge in [-0.3, -0.25) is 0 Å². The molecule has 15 heavy (non-hydrogen) atoms. The van der Waals surface area contributed by atoms with Crippen LogP contribution in [0.3, 0.4) is 0 Å². The zero-order valence-corrected chi connectivity index (χ0v) is 8.25. The maximum absolute atomic E-state index is 13.4. The fraction of sp³-hybridized carbons (Fsp3) is 0.0909. The van der Waals surface area contributed by atoms with Gasteiger partial charge >= 0.3 is 0 Å². The molecule has 0 saturated carbocycles. The fourth-order valence-electron chi connectivity index (χ4n) is 1.30. The molecule has 0 saturated heterocycles. The van der Waals surface area contributed by atoms with Gasteiger partial charge < -0.3 is 15.5 Å². The summed E-state index contributed by atoms with van der Waals surface area (Å²) < 4.78 is 18.6. The van der Waals surface area contributed by atoms with E-state index in [9.17, 15) is 4.39 Å². The Labute approximate surface area is 86.7 Å². The number of rotatable bonds is 2. The van der Waals surface area contributed by atoms with Crippen LogP contribution in [0.2, 0.25) is 0 Å². The summed E-state index contributed by atoms with van der Waals surface area (Å²) in [6.45, 7) is 1.82. The molecule has 3 N–H and O–H groups in total. The van der Waals surface area contributed by atoms with Crippen molar-refractivity contribution in [1.29, 1.82) is 0 Å². The summed E-state index contributed by atoms with van der Waals surface area (Å²) in [5.41, 5.74) is 6.23. The van der Waals surface area contributed by atoms with Crippen molar-refractivity contribution in [3.05, 3.63) is 41.9 Å². The van der Waals surface area contributed by atoms with E-state index in [2.05, 4.69) is 5.32 Å². The van der Waals surface area contributed by atoms with Crippen LogP contribution in [-0.4, -0.2) is 0 Å². The third kappa shape index (κ3) is 1.93. The number of aryl methyl sites for hydroxylation is 1. The van der Waals surface area contributed by atoms with Crippen molar-refractivity contribution in [2.75, 3.05) is 11.1 Å². The highest BCUT2D eigenvalue weighted by Gasteiger charge is 2.07. The standard InChI is InChI=1S/C11H11FN2O/c1-7-5-6-10(15-7)14-11-8(12)3-2-4-9(11)13/h2-6,14H,13H2,1H3. The van der Waals surface area contributed by atoms with Gasteiger partial charge in [0.25, 0.3) is 0 Å². The highest BCUT2D eigenvalue weighted by molar-refractivity contribution is 5.71. The summed E-state index contributed by atoms with van der Waals surface area (Å²) in [7, 11) is 0. The summed E-state index contributed by atoms with van der Waals surface area (Å²) in [6.07, 6.45) is 0. The Morgan fingerprint density at radius 1 is 1.27 bits per heavy atom. The van der Waals surface area contributed by atoms with E-state index in [1.807, 2.05) is 6.92 Å². The second kappa shape index (κ2) is 3.65. The van der Waals surface area contributed by atoms with E-state index in [1.165, 1.54) is 6.07 Å². The van der Waals surface area contributed by atoms with Crippen LogP contribution in [0.15, 0.2) is 34.7 Å². The topological polar surface area (TPSA) is 51.2 Å². The van der Waals surface area contributed by atoms with Crippen molar-refractivity contribution in [3.63, 3.8) is 0 Å². The largest absolute Gasteiger partial charge is 0.446 e. The summed E-state index contributed by atoms with van der Waals surface area (Å²) in [6, 6.07) is 8.04. The Kier molecular flexibility index (Phi) is 2.33. The highest BCUT2D eigenvalue weighted by atomic mass is 19.1. The molecule has 2 aromatic rings. The number of hydrogen-bond acceptors (Lipinski definition) is 3. The number of para-hydroxylation sites is 1. The Hall–Kier alpha value is -1.97. The second-order valence-electron chi connectivity index (χ2n) is 3.24. The molecule has 0 atom stereocenters. The van der Waals surface area contributed by atoms with Gasteiger partial charge in [-0.2, -0.15) is 0 Å². The number of nitrogens with one attached hydrogen (secondary N) is 1. The Morgan fingerprint density at radius 3 is 2.67 bits per heavy atom. The van der Waals surface area contributed by atoms with Crippen molar-refractivity contribution >= 4 is 17.3 Å². The molecule has 78 valence electrons. The van der Waals surface area contributed by atoms with E-state index in [1.54, 1.807) is 24.3 Å². The summed E-state index contributed by atoms with van der Waals surface area (Å²) in [5, 5.41) is 2.79. The van der Waals surface area contributed by atoms with Gasteiger partial charge in [0.2, 0.25) is 0 Å². The van der Waals surface area contributed by atoms with Gasteiger partial charge in [0.1, 0.15) is 17.3 Å². The van der Waals surface area contributed by atoms with Crippen LogP contribution in [0.5, 0.6) is 0 Å². The van der Waals surface area contributed by atoms with Crippen molar-refractivity contribution in [2.24, 2.45) is 0 Å². The van der Waals surface area contributed by atoms with E-state index >= 15 is 0 Å². The minimum absolute atomic E-state index is 0.242. The highest BCUT2D eigenvalue weighted by Crippen LogP contribution is 2.26. The van der Waals surface area contributed by atoms with Crippen LogP contribution in [0.25, 0.3) is 0 Å². The minimum atomic E-state index is -0.399. The van der Waals surface area contributed by atoms with Crippen LogP contribution < -0.4 is 11.1 Å². The lowest BCUT2D eigenvalue weighted by molar-refractivity contribution is 0.549. The van der Waals surface area contributed by atoms with Gasteiger partial charge in [0, 0.05) is 6.07 Å².